The van der Waals surface area contributed by atoms with E-state index in [1.54, 1.807) is 0 Å². The van der Waals surface area contributed by atoms with Crippen molar-refractivity contribution < 1.29 is 0 Å². The molecule has 0 fully saturated rings. The molecule has 0 aliphatic carbocycles. The number of hydrogen-bond donors (Lipinski definition) is 0. The van der Waals surface area contributed by atoms with E-state index in [2.05, 4.69) is 157 Å². The minimum atomic E-state index is -2.09. The second-order valence-electron chi connectivity index (χ2n) is 13.0. The van der Waals surface area contributed by atoms with Crippen LogP contribution in [0.1, 0.15) is 0 Å². The molecule has 0 radical (unpaired) electrons. The number of rotatable bonds is 3. The summed E-state index contributed by atoms with van der Waals surface area (Å²) in [6.45, 7) is 4.86. The lowest BCUT2D eigenvalue weighted by Gasteiger charge is -2.20. The zero-order chi connectivity index (χ0) is 31.3. The summed E-state index contributed by atoms with van der Waals surface area (Å²) in [7, 11) is -2.09. The number of para-hydroxylation sites is 2. The van der Waals surface area contributed by atoms with Crippen molar-refractivity contribution in [1.82, 2.24) is 14.5 Å². The van der Waals surface area contributed by atoms with Crippen molar-refractivity contribution in [1.29, 1.82) is 0 Å². The molecule has 222 valence electrons. The molecule has 3 nitrogen and oxygen atoms in total. The van der Waals surface area contributed by atoms with Gasteiger partial charge < -0.3 is 4.57 Å². The molecule has 3 aromatic heterocycles. The maximum atomic E-state index is 5.53. The van der Waals surface area contributed by atoms with Crippen LogP contribution in [0.3, 0.4) is 0 Å². The van der Waals surface area contributed by atoms with Gasteiger partial charge in [-0.25, -0.2) is 9.97 Å². The van der Waals surface area contributed by atoms with Crippen LogP contribution < -0.4 is 10.5 Å². The molecule has 0 bridgehead atoms. The van der Waals surface area contributed by atoms with Gasteiger partial charge in [0.05, 0.1) is 22.4 Å². The Morgan fingerprint density at radius 2 is 1.26 bits per heavy atom. The second kappa shape index (κ2) is 9.82. The normalized spacial score (nSPS) is 13.5. The summed E-state index contributed by atoms with van der Waals surface area (Å²) in [5.41, 5.74) is 9.12. The summed E-state index contributed by atoms with van der Waals surface area (Å²) in [4.78, 5) is 11.0. The van der Waals surface area contributed by atoms with Gasteiger partial charge in [0, 0.05) is 53.0 Å². The van der Waals surface area contributed by atoms with Crippen molar-refractivity contribution in [2.45, 2.75) is 13.1 Å². The third-order valence-corrected chi connectivity index (χ3v) is 14.4. The van der Waals surface area contributed by atoms with Crippen LogP contribution >= 0.6 is 11.3 Å². The maximum absolute atomic E-state index is 5.53. The molecular weight excluding hydrogens is 607 g/mol. The Balaban J connectivity index is 1.30. The molecule has 0 N–H and O–H groups in total. The third-order valence-electron chi connectivity index (χ3n) is 9.98. The Kier molecular flexibility index (Phi) is 5.60. The van der Waals surface area contributed by atoms with E-state index >= 15 is 0 Å². The third kappa shape index (κ3) is 3.72. The molecule has 10 rings (SSSR count). The minimum absolute atomic E-state index is 0.777. The van der Waals surface area contributed by atoms with Crippen molar-refractivity contribution in [3.05, 3.63) is 140 Å². The molecule has 6 aromatic carbocycles. The molecule has 0 amide bonds. The molecule has 4 heterocycles. The molecule has 0 unspecified atom stereocenters. The van der Waals surface area contributed by atoms with E-state index in [0.29, 0.717) is 0 Å². The van der Waals surface area contributed by atoms with Gasteiger partial charge in [0.15, 0.2) is 5.82 Å². The molecule has 0 saturated heterocycles. The van der Waals surface area contributed by atoms with Gasteiger partial charge in [-0.2, -0.15) is 0 Å². The predicted octanol–water partition coefficient (Wildman–Crippen LogP) is 10.1. The van der Waals surface area contributed by atoms with Gasteiger partial charge in [-0.05, 0) is 47.1 Å². The Morgan fingerprint density at radius 1 is 0.553 bits per heavy atom. The van der Waals surface area contributed by atoms with Crippen LogP contribution in [0.15, 0.2) is 140 Å². The standard InChI is InChI=1S/C42H29N3SSi/c1-47(2)36-23-13-9-19-30(36)39-40(26-14-4-3-5-15-26)43-41(44-42(39)47)28-17-7-11-21-32(28)45-31-20-10-6-16-27(31)37-33(45)24-25-35-38(37)29-18-8-12-22-34(29)46-35/h3-25H,1-2H3. The number of benzene rings is 6. The van der Waals surface area contributed by atoms with E-state index in [0.717, 1.165) is 28.3 Å². The molecule has 0 saturated carbocycles. The summed E-state index contributed by atoms with van der Waals surface area (Å²) < 4.78 is 5.07. The van der Waals surface area contributed by atoms with E-state index < -0.39 is 8.07 Å². The van der Waals surface area contributed by atoms with E-state index in [1.807, 2.05) is 11.3 Å². The van der Waals surface area contributed by atoms with Crippen LogP contribution in [-0.2, 0) is 0 Å². The summed E-state index contributed by atoms with van der Waals surface area (Å²) in [6, 6.07) is 50.4. The second-order valence-corrected chi connectivity index (χ2v) is 18.3. The van der Waals surface area contributed by atoms with Crippen LogP contribution in [0.4, 0.5) is 0 Å². The van der Waals surface area contributed by atoms with Gasteiger partial charge in [0.2, 0.25) is 0 Å². The SMILES string of the molecule is C[Si]1(C)c2ccccc2-c2c(-c3ccccc3)nc(-c3ccccc3-n3c4ccccc4c4c5c(ccc43)sc3ccccc35)nc21. The average molecular weight is 636 g/mol. The molecule has 5 heteroatoms. The minimum Gasteiger partial charge on any atom is -0.308 e. The fourth-order valence-electron chi connectivity index (χ4n) is 7.86. The van der Waals surface area contributed by atoms with Crippen molar-refractivity contribution >= 4 is 71.9 Å². The van der Waals surface area contributed by atoms with Gasteiger partial charge in [0.1, 0.15) is 8.07 Å². The van der Waals surface area contributed by atoms with Gasteiger partial charge >= 0.3 is 0 Å². The lowest BCUT2D eigenvalue weighted by Crippen LogP contribution is -2.50. The number of thiophene rings is 1. The topological polar surface area (TPSA) is 30.7 Å². The quantitative estimate of drug-likeness (QED) is 0.181. The molecular formula is C42H29N3SSi. The van der Waals surface area contributed by atoms with Crippen molar-refractivity contribution in [2.24, 2.45) is 0 Å². The molecule has 9 aromatic rings. The summed E-state index contributed by atoms with van der Waals surface area (Å²) in [6.07, 6.45) is 0. The van der Waals surface area contributed by atoms with Gasteiger partial charge in [-0.15, -0.1) is 11.3 Å². The Labute approximate surface area is 277 Å². The maximum Gasteiger partial charge on any atom is 0.161 e. The zero-order valence-corrected chi connectivity index (χ0v) is 27.8. The van der Waals surface area contributed by atoms with Gasteiger partial charge in [0.25, 0.3) is 0 Å². The molecule has 0 spiro atoms. The van der Waals surface area contributed by atoms with Crippen LogP contribution in [0.2, 0.25) is 13.1 Å². The first-order valence-corrected chi connectivity index (χ1v) is 19.9. The molecule has 47 heavy (non-hydrogen) atoms. The zero-order valence-electron chi connectivity index (χ0n) is 26.0. The summed E-state index contributed by atoms with van der Waals surface area (Å²) in [5, 5.41) is 7.86. The summed E-state index contributed by atoms with van der Waals surface area (Å²) >= 11 is 1.87. The van der Waals surface area contributed by atoms with Crippen LogP contribution in [0.5, 0.6) is 0 Å². The number of aromatic nitrogens is 3. The van der Waals surface area contributed by atoms with E-state index in [4.69, 9.17) is 9.97 Å². The van der Waals surface area contributed by atoms with E-state index in [-0.39, 0.29) is 0 Å². The van der Waals surface area contributed by atoms with Crippen molar-refractivity contribution in [2.75, 3.05) is 0 Å². The Bertz CT molecular complexity index is 2720. The number of hydrogen-bond acceptors (Lipinski definition) is 3. The van der Waals surface area contributed by atoms with Gasteiger partial charge in [-0.1, -0.05) is 116 Å². The van der Waals surface area contributed by atoms with Crippen LogP contribution in [0, 0.1) is 0 Å². The van der Waals surface area contributed by atoms with Crippen LogP contribution in [0.25, 0.3) is 81.4 Å². The van der Waals surface area contributed by atoms with E-state index in [9.17, 15) is 0 Å². The monoisotopic (exact) mass is 635 g/mol. The van der Waals surface area contributed by atoms with Crippen LogP contribution in [-0.4, -0.2) is 22.6 Å². The molecule has 0 atom stereocenters. The van der Waals surface area contributed by atoms with Crippen molar-refractivity contribution in [3.63, 3.8) is 0 Å². The first kappa shape index (κ1) is 26.8. The lowest BCUT2D eigenvalue weighted by molar-refractivity contribution is 1.15. The first-order chi connectivity index (χ1) is 23.1. The fraction of sp³-hybridized carbons (Fsp3) is 0.0476. The largest absolute Gasteiger partial charge is 0.308 e. The fourth-order valence-corrected chi connectivity index (χ4v) is 11.9. The summed E-state index contributed by atoms with van der Waals surface area (Å²) in [5.74, 6) is 0.777. The first-order valence-electron chi connectivity index (χ1n) is 16.1. The Morgan fingerprint density at radius 3 is 2.13 bits per heavy atom. The van der Waals surface area contributed by atoms with Crippen molar-refractivity contribution in [3.8, 4) is 39.5 Å². The highest BCUT2D eigenvalue weighted by molar-refractivity contribution is 7.26. The lowest BCUT2D eigenvalue weighted by atomic mass is 10.0. The highest BCUT2D eigenvalue weighted by Gasteiger charge is 2.41. The van der Waals surface area contributed by atoms with Gasteiger partial charge in [-0.3, -0.25) is 0 Å². The average Bonchev–Trinajstić information content (AvgIpc) is 3.74. The predicted molar refractivity (Wildman–Crippen MR) is 202 cm³/mol. The smallest absolute Gasteiger partial charge is 0.161 e. The molecule has 1 aliphatic heterocycles. The molecule has 1 aliphatic rings. The number of fused-ring (bicyclic) bond motifs is 10. The number of nitrogens with zero attached hydrogens (tertiary/aromatic N) is 3. The highest BCUT2D eigenvalue weighted by Crippen LogP contribution is 2.44. The highest BCUT2D eigenvalue weighted by atomic mass is 32.1. The Hall–Kier alpha value is -5.36. The van der Waals surface area contributed by atoms with E-state index in [1.165, 1.54) is 63.6 Å².